The SMILES string of the molecule is CCOC(=O)CCCCN(Cc1ccc(C(=O)OC)cc1)CC(OCc1ccc(CCc2ccccc2)cc1)c1cccc(Cl)c1. The minimum absolute atomic E-state index is 0.168. The predicted molar refractivity (Wildman–Crippen MR) is 183 cm³/mol. The highest BCUT2D eigenvalue weighted by Crippen LogP contribution is 2.25. The summed E-state index contributed by atoms with van der Waals surface area (Å²) < 4.78 is 16.6. The van der Waals surface area contributed by atoms with Crippen LogP contribution in [-0.2, 0) is 45.0 Å². The molecular weight excluding hydrogens is 598 g/mol. The van der Waals surface area contributed by atoms with E-state index in [1.165, 1.54) is 18.2 Å². The molecule has 0 saturated carbocycles. The van der Waals surface area contributed by atoms with E-state index in [2.05, 4.69) is 53.4 Å². The first-order valence-electron chi connectivity index (χ1n) is 16.0. The summed E-state index contributed by atoms with van der Waals surface area (Å²) in [4.78, 5) is 26.2. The van der Waals surface area contributed by atoms with Crippen molar-refractivity contribution in [1.29, 1.82) is 0 Å². The summed E-state index contributed by atoms with van der Waals surface area (Å²) in [5.41, 5.74) is 6.32. The summed E-state index contributed by atoms with van der Waals surface area (Å²) in [6.07, 6.45) is 3.71. The van der Waals surface area contributed by atoms with Crippen molar-refractivity contribution in [2.75, 3.05) is 26.8 Å². The van der Waals surface area contributed by atoms with Crippen molar-refractivity contribution in [3.05, 3.63) is 142 Å². The zero-order valence-electron chi connectivity index (χ0n) is 26.8. The fourth-order valence-electron chi connectivity index (χ4n) is 5.32. The molecule has 0 aliphatic rings. The first-order valence-corrected chi connectivity index (χ1v) is 16.4. The Morgan fingerprint density at radius 2 is 1.46 bits per heavy atom. The van der Waals surface area contributed by atoms with Crippen LogP contribution in [0.15, 0.2) is 103 Å². The fraction of sp³-hybridized carbons (Fsp3) is 0.333. The molecule has 0 radical (unpaired) electrons. The zero-order valence-corrected chi connectivity index (χ0v) is 27.6. The molecule has 0 heterocycles. The molecule has 242 valence electrons. The number of halogens is 1. The Kier molecular flexibility index (Phi) is 14.3. The normalized spacial score (nSPS) is 11.7. The summed E-state index contributed by atoms with van der Waals surface area (Å²) in [5.74, 6) is -0.528. The van der Waals surface area contributed by atoms with Crippen molar-refractivity contribution in [2.24, 2.45) is 0 Å². The number of hydrogen-bond acceptors (Lipinski definition) is 6. The van der Waals surface area contributed by atoms with Crippen LogP contribution in [-0.4, -0.2) is 43.6 Å². The van der Waals surface area contributed by atoms with Crippen LogP contribution in [0.5, 0.6) is 0 Å². The summed E-state index contributed by atoms with van der Waals surface area (Å²) in [6.45, 7) is 4.70. The van der Waals surface area contributed by atoms with Crippen LogP contribution in [0.2, 0.25) is 5.02 Å². The van der Waals surface area contributed by atoms with Gasteiger partial charge in [0.05, 0.1) is 32.0 Å². The number of benzene rings is 4. The Morgan fingerprint density at radius 1 is 0.783 bits per heavy atom. The molecular formula is C39H44ClNO5. The standard InChI is InChI=1S/C39H44ClNO5/c1-3-45-38(42)14-7-8-25-41(27-32-21-23-34(24-22-32)39(43)44-2)28-37(35-12-9-13-36(40)26-35)46-29-33-19-17-31(18-20-33)16-15-30-10-5-4-6-11-30/h4-6,9-13,17-24,26,37H,3,7-8,14-16,25,27-29H2,1-2H3. The summed E-state index contributed by atoms with van der Waals surface area (Å²) in [6, 6.07) is 34.5. The number of unbranched alkanes of at least 4 members (excludes halogenated alkanes) is 1. The van der Waals surface area contributed by atoms with Crippen molar-refractivity contribution >= 4 is 23.5 Å². The van der Waals surface area contributed by atoms with Crippen molar-refractivity contribution in [1.82, 2.24) is 4.90 Å². The van der Waals surface area contributed by atoms with Crippen LogP contribution >= 0.6 is 11.6 Å². The fourth-order valence-corrected chi connectivity index (χ4v) is 5.52. The van der Waals surface area contributed by atoms with E-state index in [-0.39, 0.29) is 18.0 Å². The minimum atomic E-state index is -0.360. The van der Waals surface area contributed by atoms with Crippen LogP contribution in [0.1, 0.15) is 70.5 Å². The van der Waals surface area contributed by atoms with Gasteiger partial charge < -0.3 is 14.2 Å². The molecule has 0 fully saturated rings. The highest BCUT2D eigenvalue weighted by molar-refractivity contribution is 6.30. The maximum absolute atomic E-state index is 12.0. The summed E-state index contributed by atoms with van der Waals surface area (Å²) >= 11 is 6.42. The zero-order chi connectivity index (χ0) is 32.6. The van der Waals surface area contributed by atoms with Gasteiger partial charge in [0, 0.05) is 24.5 Å². The number of aryl methyl sites for hydroxylation is 2. The molecule has 4 rings (SSSR count). The van der Waals surface area contributed by atoms with Gasteiger partial charge in [-0.1, -0.05) is 90.5 Å². The van der Waals surface area contributed by atoms with E-state index in [9.17, 15) is 9.59 Å². The van der Waals surface area contributed by atoms with Crippen molar-refractivity contribution in [3.63, 3.8) is 0 Å². The van der Waals surface area contributed by atoms with Gasteiger partial charge in [-0.3, -0.25) is 9.69 Å². The molecule has 0 bridgehead atoms. The number of carbonyl (C=O) groups excluding carboxylic acids is 2. The van der Waals surface area contributed by atoms with E-state index in [1.807, 2.05) is 49.4 Å². The largest absolute Gasteiger partial charge is 0.466 e. The van der Waals surface area contributed by atoms with Crippen molar-refractivity contribution in [2.45, 2.75) is 58.3 Å². The van der Waals surface area contributed by atoms with E-state index in [0.29, 0.717) is 43.3 Å². The molecule has 0 aromatic heterocycles. The number of carbonyl (C=O) groups is 2. The Balaban J connectivity index is 1.45. The molecule has 0 N–H and O–H groups in total. The summed E-state index contributed by atoms with van der Waals surface area (Å²) in [5, 5.41) is 0.660. The van der Waals surface area contributed by atoms with Gasteiger partial charge in [0.25, 0.3) is 0 Å². The Morgan fingerprint density at radius 3 is 2.13 bits per heavy atom. The second-order valence-corrected chi connectivity index (χ2v) is 11.8. The van der Waals surface area contributed by atoms with Crippen LogP contribution in [0.3, 0.4) is 0 Å². The van der Waals surface area contributed by atoms with E-state index < -0.39 is 0 Å². The van der Waals surface area contributed by atoms with E-state index in [0.717, 1.165) is 48.9 Å². The second-order valence-electron chi connectivity index (χ2n) is 11.3. The van der Waals surface area contributed by atoms with Crippen LogP contribution in [0.25, 0.3) is 0 Å². The molecule has 4 aromatic carbocycles. The smallest absolute Gasteiger partial charge is 0.337 e. The Hall–Kier alpha value is -3.97. The van der Waals surface area contributed by atoms with E-state index in [4.69, 9.17) is 25.8 Å². The Labute approximate surface area is 278 Å². The number of ether oxygens (including phenoxy) is 3. The van der Waals surface area contributed by atoms with Gasteiger partial charge in [-0.15, -0.1) is 0 Å². The number of hydrogen-bond donors (Lipinski definition) is 0. The average Bonchev–Trinajstić information content (AvgIpc) is 3.08. The number of methoxy groups -OCH3 is 1. The molecule has 0 amide bonds. The third-order valence-corrected chi connectivity index (χ3v) is 8.09. The third-order valence-electron chi connectivity index (χ3n) is 7.86. The van der Waals surface area contributed by atoms with Crippen LogP contribution in [0.4, 0.5) is 0 Å². The second kappa shape index (κ2) is 18.9. The summed E-state index contributed by atoms with van der Waals surface area (Å²) in [7, 11) is 1.38. The average molecular weight is 642 g/mol. The lowest BCUT2D eigenvalue weighted by Gasteiger charge is -2.28. The lowest BCUT2D eigenvalue weighted by atomic mass is 10.0. The topological polar surface area (TPSA) is 65.1 Å². The molecule has 46 heavy (non-hydrogen) atoms. The molecule has 7 heteroatoms. The lowest BCUT2D eigenvalue weighted by molar-refractivity contribution is -0.143. The third kappa shape index (κ3) is 11.8. The maximum Gasteiger partial charge on any atom is 0.337 e. The molecule has 0 aliphatic carbocycles. The van der Waals surface area contributed by atoms with E-state index >= 15 is 0 Å². The van der Waals surface area contributed by atoms with Crippen molar-refractivity contribution in [3.8, 4) is 0 Å². The molecule has 4 aromatic rings. The van der Waals surface area contributed by atoms with Gasteiger partial charge in [-0.2, -0.15) is 0 Å². The number of nitrogens with zero attached hydrogens (tertiary/aromatic N) is 1. The van der Waals surface area contributed by atoms with Crippen LogP contribution in [0, 0.1) is 0 Å². The highest BCUT2D eigenvalue weighted by Gasteiger charge is 2.19. The van der Waals surface area contributed by atoms with Gasteiger partial charge in [0.1, 0.15) is 0 Å². The van der Waals surface area contributed by atoms with Gasteiger partial charge >= 0.3 is 11.9 Å². The van der Waals surface area contributed by atoms with Gasteiger partial charge in [0.15, 0.2) is 0 Å². The minimum Gasteiger partial charge on any atom is -0.466 e. The quantitative estimate of drug-likeness (QED) is 0.0803. The van der Waals surface area contributed by atoms with Gasteiger partial charge in [-0.05, 0) is 91.2 Å². The Bertz CT molecular complexity index is 1490. The van der Waals surface area contributed by atoms with Crippen LogP contribution < -0.4 is 0 Å². The van der Waals surface area contributed by atoms with Crippen molar-refractivity contribution < 1.29 is 23.8 Å². The first-order chi connectivity index (χ1) is 22.4. The van der Waals surface area contributed by atoms with Gasteiger partial charge in [0.2, 0.25) is 0 Å². The molecule has 0 saturated heterocycles. The van der Waals surface area contributed by atoms with Gasteiger partial charge in [-0.25, -0.2) is 4.79 Å². The number of rotatable bonds is 18. The maximum atomic E-state index is 12.0. The molecule has 6 nitrogen and oxygen atoms in total. The highest BCUT2D eigenvalue weighted by atomic mass is 35.5. The predicted octanol–water partition coefficient (Wildman–Crippen LogP) is 8.41. The molecule has 0 aliphatic heterocycles. The monoisotopic (exact) mass is 641 g/mol. The first kappa shape index (κ1) is 34.9. The number of esters is 2. The molecule has 1 unspecified atom stereocenters. The van der Waals surface area contributed by atoms with E-state index in [1.54, 1.807) is 12.1 Å². The molecule has 1 atom stereocenters. The lowest BCUT2D eigenvalue weighted by Crippen LogP contribution is -2.30. The molecule has 0 spiro atoms.